The van der Waals surface area contributed by atoms with Gasteiger partial charge in [-0.05, 0) is 48.4 Å². The van der Waals surface area contributed by atoms with Crippen molar-refractivity contribution in [2.75, 3.05) is 5.32 Å². The highest BCUT2D eigenvalue weighted by molar-refractivity contribution is 6.31. The smallest absolute Gasteiger partial charge is 0.278 e. The Bertz CT molecular complexity index is 1470. The molecule has 0 aliphatic rings. The van der Waals surface area contributed by atoms with Crippen molar-refractivity contribution in [3.8, 4) is 11.1 Å². The summed E-state index contributed by atoms with van der Waals surface area (Å²) in [4.78, 5) is 12.8. The van der Waals surface area contributed by atoms with Gasteiger partial charge in [0.15, 0.2) is 11.3 Å². The Morgan fingerprint density at radius 3 is 2.58 bits per heavy atom. The molecule has 5 rings (SSSR count). The lowest BCUT2D eigenvalue weighted by atomic mass is 9.98. The van der Waals surface area contributed by atoms with Crippen LogP contribution in [0.15, 0.2) is 66.7 Å². The summed E-state index contributed by atoms with van der Waals surface area (Å²) < 4.78 is 1.69. The fourth-order valence-electron chi connectivity index (χ4n) is 3.84. The number of aryl methyl sites for hydroxylation is 2. The zero-order chi connectivity index (χ0) is 21.5. The van der Waals surface area contributed by atoms with Gasteiger partial charge in [0, 0.05) is 10.7 Å². The first kappa shape index (κ1) is 19.2. The lowest BCUT2D eigenvalue weighted by Crippen LogP contribution is -2.18. The first-order chi connectivity index (χ1) is 15.0. The van der Waals surface area contributed by atoms with Crippen LogP contribution in [-0.4, -0.2) is 25.7 Å². The summed E-state index contributed by atoms with van der Waals surface area (Å²) in [5.74, 6) is -0.367. The Hall–Kier alpha value is -3.77. The SMILES string of the molecule is Cc1nn2c(C)c(C(=O)Nc3cccc(Cl)c3)nnc2c1-c1cccc2ccccc12. The molecule has 31 heavy (non-hydrogen) atoms. The maximum absolute atomic E-state index is 12.8. The molecule has 0 saturated carbocycles. The predicted octanol–water partition coefficient (Wildman–Crippen LogP) is 5.47. The summed E-state index contributed by atoms with van der Waals surface area (Å²) in [5, 5.41) is 18.9. The third-order valence-corrected chi connectivity index (χ3v) is 5.53. The van der Waals surface area contributed by atoms with E-state index in [0.717, 1.165) is 27.6 Å². The summed E-state index contributed by atoms with van der Waals surface area (Å²) in [6.07, 6.45) is 0. The van der Waals surface area contributed by atoms with Crippen molar-refractivity contribution in [3.63, 3.8) is 0 Å². The number of nitrogens with one attached hydrogen (secondary N) is 1. The molecular formula is C24H18ClN5O. The van der Waals surface area contributed by atoms with Gasteiger partial charge >= 0.3 is 0 Å². The predicted molar refractivity (Wildman–Crippen MR) is 123 cm³/mol. The van der Waals surface area contributed by atoms with Crippen LogP contribution in [0.2, 0.25) is 5.02 Å². The summed E-state index contributed by atoms with van der Waals surface area (Å²) in [7, 11) is 0. The lowest BCUT2D eigenvalue weighted by molar-refractivity contribution is 0.102. The highest BCUT2D eigenvalue weighted by Gasteiger charge is 2.21. The summed E-state index contributed by atoms with van der Waals surface area (Å²) in [6.45, 7) is 3.75. The number of nitrogens with zero attached hydrogens (tertiary/aromatic N) is 4. The Balaban J connectivity index is 1.62. The van der Waals surface area contributed by atoms with Crippen LogP contribution in [0, 0.1) is 13.8 Å². The van der Waals surface area contributed by atoms with Crippen molar-refractivity contribution >= 4 is 39.6 Å². The molecule has 0 saturated heterocycles. The fourth-order valence-corrected chi connectivity index (χ4v) is 4.03. The Morgan fingerprint density at radius 2 is 1.74 bits per heavy atom. The highest BCUT2D eigenvalue weighted by Crippen LogP contribution is 2.33. The number of carbonyl (C=O) groups is 1. The molecule has 0 atom stereocenters. The number of amides is 1. The van der Waals surface area contributed by atoms with E-state index in [2.05, 4.69) is 44.9 Å². The van der Waals surface area contributed by atoms with Gasteiger partial charge in [0.2, 0.25) is 0 Å². The summed E-state index contributed by atoms with van der Waals surface area (Å²) in [5.41, 5.74) is 4.79. The second kappa shape index (κ2) is 7.49. The third-order valence-electron chi connectivity index (χ3n) is 5.30. The van der Waals surface area contributed by atoms with Gasteiger partial charge in [0.05, 0.1) is 17.0 Å². The Morgan fingerprint density at radius 1 is 0.968 bits per heavy atom. The van der Waals surface area contributed by atoms with Gasteiger partial charge in [-0.15, -0.1) is 10.2 Å². The van der Waals surface area contributed by atoms with E-state index >= 15 is 0 Å². The molecule has 0 aliphatic heterocycles. The highest BCUT2D eigenvalue weighted by atomic mass is 35.5. The largest absolute Gasteiger partial charge is 0.320 e. The van der Waals surface area contributed by atoms with Crippen LogP contribution >= 0.6 is 11.6 Å². The number of benzene rings is 3. The van der Waals surface area contributed by atoms with Crippen LogP contribution in [0.4, 0.5) is 5.69 Å². The van der Waals surface area contributed by atoms with E-state index in [1.165, 1.54) is 0 Å². The molecule has 0 unspecified atom stereocenters. The minimum absolute atomic E-state index is 0.208. The van der Waals surface area contributed by atoms with Gasteiger partial charge in [-0.25, -0.2) is 4.52 Å². The summed E-state index contributed by atoms with van der Waals surface area (Å²) in [6, 6.07) is 21.3. The molecule has 3 aromatic carbocycles. The third kappa shape index (κ3) is 3.31. The van der Waals surface area contributed by atoms with E-state index in [-0.39, 0.29) is 11.6 Å². The maximum atomic E-state index is 12.8. The molecule has 1 amide bonds. The first-order valence-electron chi connectivity index (χ1n) is 9.80. The molecule has 5 aromatic rings. The van der Waals surface area contributed by atoms with Crippen molar-refractivity contribution in [2.45, 2.75) is 13.8 Å². The van der Waals surface area contributed by atoms with Crippen LogP contribution in [0.1, 0.15) is 21.9 Å². The van der Waals surface area contributed by atoms with Crippen LogP contribution in [0.3, 0.4) is 0 Å². The van der Waals surface area contributed by atoms with Crippen LogP contribution in [0.25, 0.3) is 27.5 Å². The van der Waals surface area contributed by atoms with E-state index in [4.69, 9.17) is 11.6 Å². The molecule has 0 fully saturated rings. The van der Waals surface area contributed by atoms with Gasteiger partial charge in [-0.1, -0.05) is 60.1 Å². The number of halogens is 1. The van der Waals surface area contributed by atoms with Crippen LogP contribution in [-0.2, 0) is 0 Å². The first-order valence-corrected chi connectivity index (χ1v) is 10.2. The van der Waals surface area contributed by atoms with Crippen LogP contribution < -0.4 is 5.32 Å². The normalized spacial score (nSPS) is 11.2. The van der Waals surface area contributed by atoms with Gasteiger partial charge in [0.25, 0.3) is 5.91 Å². The molecule has 152 valence electrons. The van der Waals surface area contributed by atoms with Gasteiger partial charge in [-0.2, -0.15) is 5.10 Å². The molecule has 0 bridgehead atoms. The molecule has 0 aliphatic carbocycles. The molecule has 7 heteroatoms. The van der Waals surface area contributed by atoms with Gasteiger partial charge in [0.1, 0.15) is 0 Å². The lowest BCUT2D eigenvalue weighted by Gasteiger charge is -2.09. The molecule has 1 N–H and O–H groups in total. The van der Waals surface area contributed by atoms with Crippen molar-refractivity contribution in [3.05, 3.63) is 88.8 Å². The van der Waals surface area contributed by atoms with Crippen molar-refractivity contribution in [1.29, 1.82) is 0 Å². The van der Waals surface area contributed by atoms with Gasteiger partial charge < -0.3 is 5.32 Å². The second-order valence-electron chi connectivity index (χ2n) is 7.32. The summed E-state index contributed by atoms with van der Waals surface area (Å²) >= 11 is 6.01. The van der Waals surface area contributed by atoms with E-state index < -0.39 is 0 Å². The Labute approximate surface area is 183 Å². The molecule has 0 spiro atoms. The molecular weight excluding hydrogens is 410 g/mol. The number of fused-ring (bicyclic) bond motifs is 2. The number of aromatic nitrogens is 4. The average molecular weight is 428 g/mol. The maximum Gasteiger partial charge on any atom is 0.278 e. The monoisotopic (exact) mass is 427 g/mol. The molecule has 6 nitrogen and oxygen atoms in total. The zero-order valence-electron chi connectivity index (χ0n) is 16.9. The standard InChI is InChI=1S/C24H18ClN5O/c1-14-21(20-12-5-8-16-7-3-4-11-19(16)20)23-28-27-22(15(2)30(23)29-14)24(31)26-18-10-6-9-17(25)13-18/h3-13H,1-2H3,(H,26,31). The average Bonchev–Trinajstić information content (AvgIpc) is 3.10. The Kier molecular flexibility index (Phi) is 4.64. The van der Waals surface area contributed by atoms with E-state index in [1.54, 1.807) is 28.8 Å². The van der Waals surface area contributed by atoms with Crippen molar-refractivity contribution < 1.29 is 4.79 Å². The van der Waals surface area contributed by atoms with E-state index in [9.17, 15) is 4.79 Å². The van der Waals surface area contributed by atoms with Crippen LogP contribution in [0.5, 0.6) is 0 Å². The minimum atomic E-state index is -0.367. The zero-order valence-corrected chi connectivity index (χ0v) is 17.7. The quantitative estimate of drug-likeness (QED) is 0.414. The van der Waals surface area contributed by atoms with E-state index in [1.807, 2.05) is 32.0 Å². The molecule has 2 aromatic heterocycles. The minimum Gasteiger partial charge on any atom is -0.320 e. The fraction of sp³-hybridized carbons (Fsp3) is 0.0833. The van der Waals surface area contributed by atoms with Crippen molar-refractivity contribution in [1.82, 2.24) is 19.8 Å². The number of anilines is 1. The molecule has 0 radical (unpaired) electrons. The number of hydrogen-bond donors (Lipinski definition) is 1. The van der Waals surface area contributed by atoms with Gasteiger partial charge in [-0.3, -0.25) is 4.79 Å². The molecule has 2 heterocycles. The van der Waals surface area contributed by atoms with Crippen molar-refractivity contribution in [2.24, 2.45) is 0 Å². The number of hydrogen-bond acceptors (Lipinski definition) is 4. The number of carbonyl (C=O) groups excluding carboxylic acids is 1. The second-order valence-corrected chi connectivity index (χ2v) is 7.76. The topological polar surface area (TPSA) is 72.2 Å². The number of rotatable bonds is 3. The van der Waals surface area contributed by atoms with E-state index in [0.29, 0.717) is 22.1 Å².